The Kier molecular flexibility index (Phi) is 4.04. The van der Waals surface area contributed by atoms with Gasteiger partial charge in [0, 0.05) is 17.3 Å². The Balaban J connectivity index is 1.49. The predicted molar refractivity (Wildman–Crippen MR) is 98.1 cm³/mol. The normalized spacial score (nSPS) is 20.2. The molecule has 1 aliphatic rings. The van der Waals surface area contributed by atoms with Crippen LogP contribution >= 0.6 is 22.7 Å². The van der Waals surface area contributed by atoms with E-state index in [1.807, 2.05) is 48.7 Å². The standard InChI is InChI=1S/C17H16N2O2S3/c1-11-18-15(10-22-11)16-7-8-17(23-16)24(20,21)19-14-9-13(14)12-5-3-2-4-6-12/h2-8,10,13-14,19H,9H2,1H3/t13-,14+/m1/s1. The largest absolute Gasteiger partial charge is 0.250 e. The van der Waals surface area contributed by atoms with E-state index < -0.39 is 10.0 Å². The summed E-state index contributed by atoms with van der Waals surface area (Å²) in [7, 11) is -3.47. The lowest BCUT2D eigenvalue weighted by molar-refractivity contribution is 0.582. The van der Waals surface area contributed by atoms with Crippen molar-refractivity contribution >= 4 is 32.7 Å². The number of benzene rings is 1. The second-order valence-corrected chi connectivity index (χ2v) is 9.94. The van der Waals surface area contributed by atoms with Gasteiger partial charge in [-0.3, -0.25) is 0 Å². The van der Waals surface area contributed by atoms with Crippen LogP contribution in [0.25, 0.3) is 10.6 Å². The molecular weight excluding hydrogens is 360 g/mol. The van der Waals surface area contributed by atoms with E-state index in [1.165, 1.54) is 16.9 Å². The van der Waals surface area contributed by atoms with Crippen molar-refractivity contribution in [2.75, 3.05) is 0 Å². The van der Waals surface area contributed by atoms with E-state index in [1.54, 1.807) is 17.4 Å². The van der Waals surface area contributed by atoms with E-state index in [-0.39, 0.29) is 12.0 Å². The maximum absolute atomic E-state index is 12.6. The van der Waals surface area contributed by atoms with Gasteiger partial charge in [0.25, 0.3) is 0 Å². The Morgan fingerprint density at radius 1 is 1.17 bits per heavy atom. The number of hydrogen-bond donors (Lipinski definition) is 1. The topological polar surface area (TPSA) is 59.1 Å². The minimum Gasteiger partial charge on any atom is -0.241 e. The summed E-state index contributed by atoms with van der Waals surface area (Å²) in [5, 5.41) is 2.93. The highest BCUT2D eigenvalue weighted by molar-refractivity contribution is 7.91. The molecule has 4 rings (SSSR count). The molecule has 2 aromatic heterocycles. The molecule has 3 aromatic rings. The summed E-state index contributed by atoms with van der Waals surface area (Å²) in [5.74, 6) is 0.279. The lowest BCUT2D eigenvalue weighted by Gasteiger charge is -2.04. The summed E-state index contributed by atoms with van der Waals surface area (Å²) in [6.07, 6.45) is 0.854. The second kappa shape index (κ2) is 6.07. The van der Waals surface area contributed by atoms with E-state index in [0.717, 1.165) is 22.0 Å². The molecule has 7 heteroatoms. The van der Waals surface area contributed by atoms with Gasteiger partial charge in [0.1, 0.15) is 4.21 Å². The molecule has 124 valence electrons. The Hall–Kier alpha value is -1.54. The van der Waals surface area contributed by atoms with Crippen LogP contribution in [-0.4, -0.2) is 19.4 Å². The number of aryl methyl sites for hydroxylation is 1. The molecule has 1 saturated carbocycles. The zero-order valence-corrected chi connectivity index (χ0v) is 15.4. The first kappa shape index (κ1) is 16.0. The van der Waals surface area contributed by atoms with Crippen molar-refractivity contribution < 1.29 is 8.42 Å². The summed E-state index contributed by atoms with van der Waals surface area (Å²) in [4.78, 5) is 5.30. The number of thiazole rings is 1. The van der Waals surface area contributed by atoms with Gasteiger partial charge in [-0.15, -0.1) is 22.7 Å². The first-order chi connectivity index (χ1) is 11.5. The van der Waals surface area contributed by atoms with Crippen LogP contribution in [0.3, 0.4) is 0 Å². The van der Waals surface area contributed by atoms with E-state index in [0.29, 0.717) is 4.21 Å². The van der Waals surface area contributed by atoms with Crippen LogP contribution in [0.1, 0.15) is 22.9 Å². The van der Waals surface area contributed by atoms with Crippen molar-refractivity contribution in [2.24, 2.45) is 0 Å². The maximum atomic E-state index is 12.6. The number of hydrogen-bond acceptors (Lipinski definition) is 5. The molecule has 0 radical (unpaired) electrons. The molecule has 0 saturated heterocycles. The van der Waals surface area contributed by atoms with Crippen LogP contribution in [0.15, 0.2) is 52.1 Å². The molecule has 0 bridgehead atoms. The van der Waals surface area contributed by atoms with E-state index >= 15 is 0 Å². The fourth-order valence-corrected chi connectivity index (χ4v) is 5.99. The number of nitrogens with zero attached hydrogens (tertiary/aromatic N) is 1. The van der Waals surface area contributed by atoms with Crippen LogP contribution in [0.4, 0.5) is 0 Å². The summed E-state index contributed by atoms with van der Waals surface area (Å²) in [5.41, 5.74) is 2.03. The smallest absolute Gasteiger partial charge is 0.241 e. The van der Waals surface area contributed by atoms with Crippen LogP contribution in [0.2, 0.25) is 0 Å². The first-order valence-corrected chi connectivity index (χ1v) is 10.8. The van der Waals surface area contributed by atoms with Crippen LogP contribution in [0.5, 0.6) is 0 Å². The van der Waals surface area contributed by atoms with E-state index in [2.05, 4.69) is 9.71 Å². The average Bonchev–Trinajstić information content (AvgIpc) is 2.98. The van der Waals surface area contributed by atoms with Gasteiger partial charge in [-0.05, 0) is 31.0 Å². The van der Waals surface area contributed by atoms with Crippen LogP contribution in [-0.2, 0) is 10.0 Å². The van der Waals surface area contributed by atoms with Crippen molar-refractivity contribution in [1.82, 2.24) is 9.71 Å². The molecule has 2 heterocycles. The maximum Gasteiger partial charge on any atom is 0.250 e. The summed E-state index contributed by atoms with van der Waals surface area (Å²) in [6.45, 7) is 1.94. The third-order valence-electron chi connectivity index (χ3n) is 4.04. The highest BCUT2D eigenvalue weighted by Gasteiger charge is 2.41. The zero-order valence-electron chi connectivity index (χ0n) is 13.0. The van der Waals surface area contributed by atoms with Crippen molar-refractivity contribution in [3.05, 3.63) is 58.4 Å². The summed E-state index contributed by atoms with van der Waals surface area (Å²) >= 11 is 2.83. The SMILES string of the molecule is Cc1nc(-c2ccc(S(=O)(=O)N[C@H]3C[C@@H]3c3ccccc3)s2)cs1. The molecule has 24 heavy (non-hydrogen) atoms. The van der Waals surface area contributed by atoms with Gasteiger partial charge in [0.05, 0.1) is 15.6 Å². The van der Waals surface area contributed by atoms with Gasteiger partial charge in [-0.2, -0.15) is 0 Å². The van der Waals surface area contributed by atoms with Gasteiger partial charge < -0.3 is 0 Å². The Bertz CT molecular complexity index is 961. The molecule has 4 nitrogen and oxygen atoms in total. The highest BCUT2D eigenvalue weighted by Crippen LogP contribution is 2.42. The fourth-order valence-electron chi connectivity index (χ4n) is 2.73. The third kappa shape index (κ3) is 3.17. The number of aromatic nitrogens is 1. The zero-order chi connectivity index (χ0) is 16.7. The predicted octanol–water partition coefficient (Wildman–Crippen LogP) is 4.01. The average molecular weight is 377 g/mol. The Morgan fingerprint density at radius 2 is 1.96 bits per heavy atom. The van der Waals surface area contributed by atoms with Crippen LogP contribution in [0, 0.1) is 6.92 Å². The summed E-state index contributed by atoms with van der Waals surface area (Å²) in [6, 6.07) is 13.5. The van der Waals surface area contributed by atoms with E-state index in [4.69, 9.17) is 0 Å². The fraction of sp³-hybridized carbons (Fsp3) is 0.235. The number of thiophene rings is 1. The van der Waals surface area contributed by atoms with E-state index in [9.17, 15) is 8.42 Å². The molecule has 0 unspecified atom stereocenters. The van der Waals surface area contributed by atoms with Crippen LogP contribution < -0.4 is 4.72 Å². The number of nitrogens with one attached hydrogen (secondary N) is 1. The monoisotopic (exact) mass is 376 g/mol. The van der Waals surface area contributed by atoms with Gasteiger partial charge >= 0.3 is 0 Å². The van der Waals surface area contributed by atoms with Gasteiger partial charge in [0.15, 0.2) is 0 Å². The molecular formula is C17H16N2O2S3. The lowest BCUT2D eigenvalue weighted by atomic mass is 10.1. The molecule has 0 amide bonds. The quantitative estimate of drug-likeness (QED) is 0.732. The van der Waals surface area contributed by atoms with Gasteiger partial charge in [-0.1, -0.05) is 30.3 Å². The lowest BCUT2D eigenvalue weighted by Crippen LogP contribution is -2.26. The molecule has 1 N–H and O–H groups in total. The van der Waals surface area contributed by atoms with Gasteiger partial charge in [-0.25, -0.2) is 18.1 Å². The third-order valence-corrected chi connectivity index (χ3v) is 7.91. The highest BCUT2D eigenvalue weighted by atomic mass is 32.2. The minimum absolute atomic E-state index is 0.00975. The molecule has 1 aliphatic carbocycles. The first-order valence-electron chi connectivity index (χ1n) is 7.62. The van der Waals surface area contributed by atoms with Gasteiger partial charge in [0.2, 0.25) is 10.0 Å². The van der Waals surface area contributed by atoms with Crippen molar-refractivity contribution in [2.45, 2.75) is 29.5 Å². The molecule has 0 aliphatic heterocycles. The molecule has 0 spiro atoms. The molecule has 1 aromatic carbocycles. The Labute approximate surface area is 149 Å². The molecule has 1 fully saturated rings. The number of sulfonamides is 1. The Morgan fingerprint density at radius 3 is 2.67 bits per heavy atom. The minimum atomic E-state index is -3.47. The second-order valence-electron chi connectivity index (χ2n) is 5.85. The molecule has 2 atom stereocenters. The van der Waals surface area contributed by atoms with Crippen molar-refractivity contribution in [3.8, 4) is 10.6 Å². The summed E-state index contributed by atoms with van der Waals surface area (Å²) < 4.78 is 28.4. The van der Waals surface area contributed by atoms with Crippen molar-refractivity contribution in [3.63, 3.8) is 0 Å². The van der Waals surface area contributed by atoms with Crippen molar-refractivity contribution in [1.29, 1.82) is 0 Å². The number of rotatable bonds is 5.